The summed E-state index contributed by atoms with van der Waals surface area (Å²) in [5.74, 6) is 2.46. The van der Waals surface area contributed by atoms with E-state index in [4.69, 9.17) is 4.74 Å². The highest BCUT2D eigenvalue weighted by Gasteiger charge is 2.25. The highest BCUT2D eigenvalue weighted by Crippen LogP contribution is 2.37. The molecule has 1 aliphatic carbocycles. The van der Waals surface area contributed by atoms with E-state index in [1.807, 2.05) is 6.07 Å². The Balaban J connectivity index is 2.09. The maximum Gasteiger partial charge on any atom is 0.119 e. The molecule has 0 radical (unpaired) electrons. The van der Waals surface area contributed by atoms with Crippen molar-refractivity contribution in [2.75, 3.05) is 20.2 Å². The Kier molecular flexibility index (Phi) is 6.38. The molecule has 2 atom stereocenters. The molecule has 2 nitrogen and oxygen atoms in total. The zero-order chi connectivity index (χ0) is 14.2. The van der Waals surface area contributed by atoms with E-state index in [1.165, 1.54) is 44.1 Å². The topological polar surface area (TPSA) is 21.3 Å². The average Bonchev–Trinajstić information content (AvgIpc) is 2.73. The van der Waals surface area contributed by atoms with E-state index >= 15 is 0 Å². The SMILES string of the molecule is CCCNCC1CCCCCC1c1cccc(OC)c1. The van der Waals surface area contributed by atoms with Crippen LogP contribution in [0.25, 0.3) is 0 Å². The van der Waals surface area contributed by atoms with E-state index in [-0.39, 0.29) is 0 Å². The van der Waals surface area contributed by atoms with Gasteiger partial charge in [0.05, 0.1) is 7.11 Å². The molecule has 1 saturated carbocycles. The second kappa shape index (κ2) is 8.31. The first-order chi connectivity index (χ1) is 9.85. The lowest BCUT2D eigenvalue weighted by atomic mass is 9.82. The van der Waals surface area contributed by atoms with Gasteiger partial charge in [0.15, 0.2) is 0 Å². The van der Waals surface area contributed by atoms with Crippen molar-refractivity contribution in [2.24, 2.45) is 5.92 Å². The van der Waals surface area contributed by atoms with Gasteiger partial charge in [-0.1, -0.05) is 38.3 Å². The van der Waals surface area contributed by atoms with Crippen LogP contribution in [0.1, 0.15) is 56.9 Å². The molecule has 0 bridgehead atoms. The molecule has 0 aliphatic heterocycles. The molecule has 0 saturated heterocycles. The van der Waals surface area contributed by atoms with Gasteiger partial charge in [-0.05, 0) is 61.9 Å². The fourth-order valence-corrected chi connectivity index (χ4v) is 3.40. The van der Waals surface area contributed by atoms with Crippen LogP contribution in [0.15, 0.2) is 24.3 Å². The molecular weight excluding hydrogens is 246 g/mol. The Bertz CT molecular complexity index is 391. The van der Waals surface area contributed by atoms with E-state index in [9.17, 15) is 0 Å². The molecule has 0 heterocycles. The van der Waals surface area contributed by atoms with Crippen molar-refractivity contribution in [3.63, 3.8) is 0 Å². The summed E-state index contributed by atoms with van der Waals surface area (Å²) in [6, 6.07) is 8.70. The minimum absolute atomic E-state index is 0.692. The Labute approximate surface area is 123 Å². The first-order valence-corrected chi connectivity index (χ1v) is 8.19. The summed E-state index contributed by atoms with van der Waals surface area (Å²) in [7, 11) is 1.76. The third kappa shape index (κ3) is 4.24. The monoisotopic (exact) mass is 275 g/mol. The maximum absolute atomic E-state index is 5.40. The molecule has 2 heteroatoms. The molecular formula is C18H29NO. The fraction of sp³-hybridized carbons (Fsp3) is 0.667. The van der Waals surface area contributed by atoms with Crippen LogP contribution in [-0.2, 0) is 0 Å². The minimum atomic E-state index is 0.692. The molecule has 0 spiro atoms. The first kappa shape index (κ1) is 15.4. The second-order valence-corrected chi connectivity index (χ2v) is 5.99. The van der Waals surface area contributed by atoms with E-state index in [0.717, 1.165) is 24.8 Å². The molecule has 2 rings (SSSR count). The highest BCUT2D eigenvalue weighted by atomic mass is 16.5. The van der Waals surface area contributed by atoms with Crippen LogP contribution in [0.4, 0.5) is 0 Å². The van der Waals surface area contributed by atoms with Gasteiger partial charge in [-0.25, -0.2) is 0 Å². The molecule has 0 amide bonds. The summed E-state index contributed by atoms with van der Waals surface area (Å²) < 4.78 is 5.40. The van der Waals surface area contributed by atoms with Crippen LogP contribution >= 0.6 is 0 Å². The largest absolute Gasteiger partial charge is 0.497 e. The van der Waals surface area contributed by atoms with Crippen molar-refractivity contribution in [3.05, 3.63) is 29.8 Å². The second-order valence-electron chi connectivity index (χ2n) is 5.99. The highest BCUT2D eigenvalue weighted by molar-refractivity contribution is 5.31. The summed E-state index contributed by atoms with van der Waals surface area (Å²) >= 11 is 0. The lowest BCUT2D eigenvalue weighted by molar-refractivity contribution is 0.372. The Morgan fingerprint density at radius 3 is 2.85 bits per heavy atom. The first-order valence-electron chi connectivity index (χ1n) is 8.19. The number of rotatable bonds is 6. The third-order valence-electron chi connectivity index (χ3n) is 4.51. The number of benzene rings is 1. The van der Waals surface area contributed by atoms with Crippen molar-refractivity contribution in [2.45, 2.75) is 51.4 Å². The molecule has 1 fully saturated rings. The average molecular weight is 275 g/mol. The molecule has 0 aromatic heterocycles. The summed E-state index contributed by atoms with van der Waals surface area (Å²) in [6.07, 6.45) is 8.05. The normalized spacial score (nSPS) is 23.3. The van der Waals surface area contributed by atoms with E-state index in [1.54, 1.807) is 7.11 Å². The molecule has 1 aromatic carbocycles. The Morgan fingerprint density at radius 2 is 2.05 bits per heavy atom. The summed E-state index contributed by atoms with van der Waals surface area (Å²) in [6.45, 7) is 4.54. The summed E-state index contributed by atoms with van der Waals surface area (Å²) in [5.41, 5.74) is 1.47. The number of ether oxygens (including phenoxy) is 1. The van der Waals surface area contributed by atoms with Gasteiger partial charge in [0, 0.05) is 0 Å². The van der Waals surface area contributed by atoms with E-state index in [2.05, 4.69) is 30.4 Å². The van der Waals surface area contributed by atoms with Crippen LogP contribution in [0.5, 0.6) is 5.75 Å². The number of nitrogens with one attached hydrogen (secondary N) is 1. The number of methoxy groups -OCH3 is 1. The van der Waals surface area contributed by atoms with Crippen LogP contribution < -0.4 is 10.1 Å². The lowest BCUT2D eigenvalue weighted by Crippen LogP contribution is -2.27. The summed E-state index contributed by atoms with van der Waals surface area (Å²) in [5, 5.41) is 3.63. The van der Waals surface area contributed by atoms with E-state index in [0.29, 0.717) is 5.92 Å². The quantitative estimate of drug-likeness (QED) is 0.615. The molecule has 1 aromatic rings. The van der Waals surface area contributed by atoms with Gasteiger partial charge in [-0.3, -0.25) is 0 Å². The van der Waals surface area contributed by atoms with E-state index < -0.39 is 0 Å². The molecule has 1 aliphatic rings. The van der Waals surface area contributed by atoms with Crippen molar-refractivity contribution in [1.29, 1.82) is 0 Å². The zero-order valence-corrected chi connectivity index (χ0v) is 13.0. The van der Waals surface area contributed by atoms with Gasteiger partial charge in [0.1, 0.15) is 5.75 Å². The summed E-state index contributed by atoms with van der Waals surface area (Å²) in [4.78, 5) is 0. The van der Waals surface area contributed by atoms with Gasteiger partial charge in [-0.15, -0.1) is 0 Å². The molecule has 20 heavy (non-hydrogen) atoms. The molecule has 1 N–H and O–H groups in total. The van der Waals surface area contributed by atoms with Gasteiger partial charge < -0.3 is 10.1 Å². The van der Waals surface area contributed by atoms with Crippen molar-refractivity contribution < 1.29 is 4.74 Å². The van der Waals surface area contributed by atoms with Crippen LogP contribution in [0, 0.1) is 5.92 Å². The van der Waals surface area contributed by atoms with Gasteiger partial charge in [-0.2, -0.15) is 0 Å². The fourth-order valence-electron chi connectivity index (χ4n) is 3.40. The predicted molar refractivity (Wildman–Crippen MR) is 85.5 cm³/mol. The predicted octanol–water partition coefficient (Wildman–Crippen LogP) is 4.36. The van der Waals surface area contributed by atoms with Gasteiger partial charge >= 0.3 is 0 Å². The van der Waals surface area contributed by atoms with Crippen molar-refractivity contribution in [1.82, 2.24) is 5.32 Å². The van der Waals surface area contributed by atoms with Crippen LogP contribution in [0.2, 0.25) is 0 Å². The third-order valence-corrected chi connectivity index (χ3v) is 4.51. The minimum Gasteiger partial charge on any atom is -0.497 e. The number of hydrogen-bond donors (Lipinski definition) is 1. The smallest absolute Gasteiger partial charge is 0.119 e. The number of hydrogen-bond acceptors (Lipinski definition) is 2. The Hall–Kier alpha value is -1.02. The van der Waals surface area contributed by atoms with Crippen molar-refractivity contribution in [3.8, 4) is 5.75 Å². The Morgan fingerprint density at radius 1 is 1.20 bits per heavy atom. The van der Waals surface area contributed by atoms with Gasteiger partial charge in [0.25, 0.3) is 0 Å². The standard InChI is InChI=1S/C18H29NO/c1-3-12-19-14-16-8-5-4-6-11-18(16)15-9-7-10-17(13-15)20-2/h7,9-10,13,16,18-19H,3-6,8,11-12,14H2,1-2H3. The molecule has 2 unspecified atom stereocenters. The maximum atomic E-state index is 5.40. The lowest BCUT2D eigenvalue weighted by Gasteiger charge is -2.26. The van der Waals surface area contributed by atoms with Crippen molar-refractivity contribution >= 4 is 0 Å². The van der Waals surface area contributed by atoms with Crippen LogP contribution in [0.3, 0.4) is 0 Å². The molecule has 112 valence electrons. The van der Waals surface area contributed by atoms with Crippen LogP contribution in [-0.4, -0.2) is 20.2 Å². The van der Waals surface area contributed by atoms with Gasteiger partial charge in [0.2, 0.25) is 0 Å². The zero-order valence-electron chi connectivity index (χ0n) is 13.0.